The van der Waals surface area contributed by atoms with Crippen molar-refractivity contribution in [1.29, 1.82) is 5.26 Å². The van der Waals surface area contributed by atoms with E-state index in [4.69, 9.17) is 21.3 Å². The number of furan rings is 1. The number of hydrogen-bond donors (Lipinski definition) is 3. The highest BCUT2D eigenvalue weighted by Gasteiger charge is 2.20. The molecule has 0 saturated heterocycles. The molecule has 218 valence electrons. The van der Waals surface area contributed by atoms with E-state index in [0.717, 1.165) is 17.6 Å². The Hall–Kier alpha value is -3.94. The van der Waals surface area contributed by atoms with Crippen molar-refractivity contribution in [3.63, 3.8) is 0 Å². The van der Waals surface area contributed by atoms with Gasteiger partial charge < -0.3 is 15.1 Å². The van der Waals surface area contributed by atoms with Crippen molar-refractivity contribution in [3.05, 3.63) is 117 Å². The summed E-state index contributed by atoms with van der Waals surface area (Å²) in [5, 5.41) is 15.7. The Morgan fingerprint density at radius 2 is 1.74 bits per heavy atom. The van der Waals surface area contributed by atoms with Crippen LogP contribution in [0.25, 0.3) is 11.3 Å². The van der Waals surface area contributed by atoms with Crippen molar-refractivity contribution < 1.29 is 17.6 Å². The Kier molecular flexibility index (Phi) is 10.2. The molecule has 2 unspecified atom stereocenters. The molecule has 0 fully saturated rings. The van der Waals surface area contributed by atoms with Crippen LogP contribution in [0.5, 0.6) is 0 Å². The predicted molar refractivity (Wildman–Crippen MR) is 165 cm³/mol. The Labute approximate surface area is 251 Å². The second-order valence-electron chi connectivity index (χ2n) is 10.3. The zero-order valence-corrected chi connectivity index (χ0v) is 25.2. The lowest BCUT2D eigenvalue weighted by molar-refractivity contribution is 0.0937. The van der Waals surface area contributed by atoms with Crippen molar-refractivity contribution in [1.82, 2.24) is 15.4 Å². The lowest BCUT2D eigenvalue weighted by Gasteiger charge is -2.20. The van der Waals surface area contributed by atoms with Crippen LogP contribution in [-0.2, 0) is 23.0 Å². The summed E-state index contributed by atoms with van der Waals surface area (Å²) in [6, 6.07) is 25.7. The van der Waals surface area contributed by atoms with Gasteiger partial charge in [0, 0.05) is 24.2 Å². The minimum Gasteiger partial charge on any atom is -0.460 e. The fourth-order valence-electron chi connectivity index (χ4n) is 4.40. The van der Waals surface area contributed by atoms with Gasteiger partial charge in [-0.15, -0.1) is 0 Å². The van der Waals surface area contributed by atoms with Gasteiger partial charge in [-0.2, -0.15) is 5.26 Å². The molecular formula is C32H33ClN4O4S. The van der Waals surface area contributed by atoms with Gasteiger partial charge in [0.2, 0.25) is 10.0 Å². The van der Waals surface area contributed by atoms with Crippen LogP contribution >= 0.6 is 11.6 Å². The fourth-order valence-corrected chi connectivity index (χ4v) is 5.10. The average molecular weight is 605 g/mol. The van der Waals surface area contributed by atoms with Gasteiger partial charge in [0.05, 0.1) is 35.0 Å². The molecule has 4 aromatic rings. The van der Waals surface area contributed by atoms with Crippen LogP contribution < -0.4 is 15.4 Å². The van der Waals surface area contributed by atoms with Gasteiger partial charge in [0.15, 0.2) is 0 Å². The smallest absolute Gasteiger partial charge is 0.253 e. The van der Waals surface area contributed by atoms with E-state index < -0.39 is 22.0 Å². The summed E-state index contributed by atoms with van der Waals surface area (Å²) < 4.78 is 32.0. The van der Waals surface area contributed by atoms with Gasteiger partial charge in [-0.1, -0.05) is 53.6 Å². The second kappa shape index (κ2) is 13.8. The number of hydrogen-bond acceptors (Lipinski definition) is 6. The van der Waals surface area contributed by atoms with E-state index >= 15 is 0 Å². The number of aryl methyl sites for hydroxylation is 1. The van der Waals surface area contributed by atoms with Crippen molar-refractivity contribution in [2.24, 2.45) is 0 Å². The maximum Gasteiger partial charge on any atom is 0.253 e. The van der Waals surface area contributed by atoms with E-state index in [2.05, 4.69) is 59.5 Å². The topological polar surface area (TPSA) is 124 Å². The summed E-state index contributed by atoms with van der Waals surface area (Å²) in [4.78, 5) is 13.4. The third-order valence-corrected chi connectivity index (χ3v) is 7.83. The number of sulfonamides is 1. The van der Waals surface area contributed by atoms with Crippen LogP contribution in [0, 0.1) is 18.3 Å². The molecule has 3 aromatic carbocycles. The molecule has 0 radical (unpaired) electrons. The van der Waals surface area contributed by atoms with Crippen LogP contribution in [-0.4, -0.2) is 33.2 Å². The molecule has 42 heavy (non-hydrogen) atoms. The highest BCUT2D eigenvalue weighted by molar-refractivity contribution is 7.88. The maximum atomic E-state index is 13.4. The largest absolute Gasteiger partial charge is 0.460 e. The standard InChI is InChI=1S/C32H33ClN4O4S/c1-21-4-10-25(11-5-21)22(2)35-20-28-13-15-31(41-28)26-12-14-30(33)29(17-26)32(38)37-27(19-36-42(3,39)40)16-23-6-8-24(18-34)9-7-23/h4-15,17,22,27,35-36H,16,19-20H2,1-3H3,(H,37,38). The first-order valence-electron chi connectivity index (χ1n) is 13.4. The van der Waals surface area contributed by atoms with Gasteiger partial charge in [-0.05, 0) is 73.9 Å². The monoisotopic (exact) mass is 604 g/mol. The van der Waals surface area contributed by atoms with Crippen LogP contribution in [0.15, 0.2) is 83.3 Å². The van der Waals surface area contributed by atoms with E-state index in [1.54, 1.807) is 42.5 Å². The first kappa shape index (κ1) is 31.0. The Morgan fingerprint density at radius 1 is 1.02 bits per heavy atom. The summed E-state index contributed by atoms with van der Waals surface area (Å²) in [7, 11) is -3.49. The SMILES string of the molecule is Cc1ccc(C(C)NCc2ccc(-c3ccc(Cl)c(C(=O)NC(CNS(C)(=O)=O)Cc4ccc(C#N)cc4)c3)o2)cc1. The number of carbonyl (C=O) groups is 1. The van der Waals surface area contributed by atoms with Gasteiger partial charge in [-0.25, -0.2) is 13.1 Å². The highest BCUT2D eigenvalue weighted by Crippen LogP contribution is 2.27. The van der Waals surface area contributed by atoms with E-state index in [9.17, 15) is 13.2 Å². The van der Waals surface area contributed by atoms with E-state index in [1.165, 1.54) is 11.1 Å². The van der Waals surface area contributed by atoms with E-state index in [-0.39, 0.29) is 23.2 Å². The maximum absolute atomic E-state index is 13.4. The number of carbonyl (C=O) groups excluding carboxylic acids is 1. The first-order valence-corrected chi connectivity index (χ1v) is 15.7. The Bertz CT molecular complexity index is 1680. The minimum atomic E-state index is -3.49. The molecule has 0 aliphatic heterocycles. The fraction of sp³-hybridized carbons (Fsp3) is 0.250. The van der Waals surface area contributed by atoms with Crippen LogP contribution in [0.4, 0.5) is 0 Å². The normalized spacial score (nSPS) is 12.8. The highest BCUT2D eigenvalue weighted by atomic mass is 35.5. The summed E-state index contributed by atoms with van der Waals surface area (Å²) in [6.45, 7) is 4.67. The summed E-state index contributed by atoms with van der Waals surface area (Å²) in [5.41, 5.74) is 4.66. The molecule has 10 heteroatoms. The van der Waals surface area contributed by atoms with Crippen LogP contribution in [0.3, 0.4) is 0 Å². The molecule has 3 N–H and O–H groups in total. The van der Waals surface area contributed by atoms with Crippen LogP contribution in [0.2, 0.25) is 5.02 Å². The molecule has 2 atom stereocenters. The van der Waals surface area contributed by atoms with E-state index in [1.807, 2.05) is 12.1 Å². The number of halogens is 1. The third kappa shape index (κ3) is 8.78. The Morgan fingerprint density at radius 3 is 2.40 bits per heavy atom. The number of nitriles is 1. The molecule has 4 rings (SSSR count). The van der Waals surface area contributed by atoms with Gasteiger partial charge >= 0.3 is 0 Å². The molecule has 1 amide bonds. The second-order valence-corrected chi connectivity index (χ2v) is 12.5. The van der Waals surface area contributed by atoms with Crippen molar-refractivity contribution in [2.75, 3.05) is 12.8 Å². The van der Waals surface area contributed by atoms with Crippen LogP contribution in [0.1, 0.15) is 51.3 Å². The summed E-state index contributed by atoms with van der Waals surface area (Å²) in [5.74, 6) is 0.892. The van der Waals surface area contributed by atoms with Crippen molar-refractivity contribution >= 4 is 27.5 Å². The summed E-state index contributed by atoms with van der Waals surface area (Å²) >= 11 is 6.42. The predicted octanol–water partition coefficient (Wildman–Crippen LogP) is 5.52. The lowest BCUT2D eigenvalue weighted by atomic mass is 10.0. The number of nitrogens with zero attached hydrogens (tertiary/aromatic N) is 1. The molecule has 0 aliphatic carbocycles. The van der Waals surface area contributed by atoms with Gasteiger partial charge in [0.25, 0.3) is 5.91 Å². The zero-order chi connectivity index (χ0) is 30.3. The van der Waals surface area contributed by atoms with Gasteiger partial charge in [0.1, 0.15) is 11.5 Å². The Balaban J connectivity index is 1.46. The third-order valence-electron chi connectivity index (χ3n) is 6.81. The molecule has 8 nitrogen and oxygen atoms in total. The number of rotatable bonds is 12. The average Bonchev–Trinajstić information content (AvgIpc) is 3.44. The zero-order valence-electron chi connectivity index (χ0n) is 23.6. The van der Waals surface area contributed by atoms with Gasteiger partial charge in [-0.3, -0.25) is 4.79 Å². The molecule has 1 heterocycles. The molecule has 0 spiro atoms. The lowest BCUT2D eigenvalue weighted by Crippen LogP contribution is -2.44. The van der Waals surface area contributed by atoms with Crippen molar-refractivity contribution in [3.8, 4) is 17.4 Å². The molecule has 1 aromatic heterocycles. The number of nitrogens with one attached hydrogen (secondary N) is 3. The quantitative estimate of drug-likeness (QED) is 0.196. The van der Waals surface area contributed by atoms with Crippen molar-refractivity contribution in [2.45, 2.75) is 38.9 Å². The molecule has 0 saturated carbocycles. The molecule has 0 aliphatic rings. The number of amides is 1. The first-order chi connectivity index (χ1) is 20.0. The van der Waals surface area contributed by atoms with E-state index in [0.29, 0.717) is 29.9 Å². The molecule has 0 bridgehead atoms. The number of benzene rings is 3. The molecular weight excluding hydrogens is 572 g/mol. The summed E-state index contributed by atoms with van der Waals surface area (Å²) in [6.07, 6.45) is 1.40. The minimum absolute atomic E-state index is 0.0164.